The Morgan fingerprint density at radius 3 is 2.52 bits per heavy atom. The van der Waals surface area contributed by atoms with E-state index in [2.05, 4.69) is 17.1 Å². The third-order valence-corrected chi connectivity index (χ3v) is 4.10. The maximum absolute atomic E-state index is 12.3. The van der Waals surface area contributed by atoms with Crippen molar-refractivity contribution in [2.24, 2.45) is 0 Å². The summed E-state index contributed by atoms with van der Waals surface area (Å²) in [6.07, 6.45) is -3.43. The number of ether oxygens (including phenoxy) is 2. The summed E-state index contributed by atoms with van der Waals surface area (Å²) in [5.41, 5.74) is 2.80. The number of benzene rings is 1. The molecule has 0 fully saturated rings. The van der Waals surface area contributed by atoms with Gasteiger partial charge in [0, 0.05) is 36.3 Å². The Balaban J connectivity index is 2.29. The molecule has 0 atom stereocenters. The zero-order valence-corrected chi connectivity index (χ0v) is 13.7. The van der Waals surface area contributed by atoms with Gasteiger partial charge in [0.1, 0.15) is 11.5 Å². The molecule has 0 bridgehead atoms. The van der Waals surface area contributed by atoms with Gasteiger partial charge in [0.25, 0.3) is 0 Å². The molecule has 7 heteroatoms. The molecule has 0 aromatic heterocycles. The molecule has 1 aliphatic heterocycles. The van der Waals surface area contributed by atoms with Gasteiger partial charge in [-0.3, -0.25) is 4.90 Å². The zero-order chi connectivity index (χ0) is 17.0. The molecule has 130 valence electrons. The number of nitrogens with zero attached hydrogens (tertiary/aromatic N) is 1. The summed E-state index contributed by atoms with van der Waals surface area (Å²) in [4.78, 5) is 2.30. The lowest BCUT2D eigenvalue weighted by atomic mass is 9.94. The number of halogens is 3. The first-order valence-corrected chi connectivity index (χ1v) is 7.65. The zero-order valence-electron chi connectivity index (χ0n) is 13.7. The van der Waals surface area contributed by atoms with Gasteiger partial charge in [0.2, 0.25) is 0 Å². The van der Waals surface area contributed by atoms with Crippen LogP contribution in [0.1, 0.15) is 23.6 Å². The van der Waals surface area contributed by atoms with Crippen LogP contribution in [0, 0.1) is 0 Å². The highest BCUT2D eigenvalue weighted by Gasteiger charge is 2.28. The quantitative estimate of drug-likeness (QED) is 0.868. The van der Waals surface area contributed by atoms with Crippen molar-refractivity contribution in [2.45, 2.75) is 32.6 Å². The fraction of sp³-hybridized carbons (Fsp3) is 0.625. The van der Waals surface area contributed by atoms with Crippen molar-refractivity contribution < 1.29 is 22.6 Å². The molecule has 1 aromatic carbocycles. The molecule has 2 rings (SSSR count). The standard InChI is InChI=1S/C16H23F3N2O2/c1-4-21-6-5-12-13(9-21)14(22-2)7-11(15(12)23-3)8-20-10-16(17,18)19/h7,20H,4-6,8-10H2,1-3H3. The first-order valence-electron chi connectivity index (χ1n) is 7.65. The monoisotopic (exact) mass is 332 g/mol. The van der Waals surface area contributed by atoms with Gasteiger partial charge >= 0.3 is 6.18 Å². The largest absolute Gasteiger partial charge is 0.496 e. The molecule has 0 saturated heterocycles. The van der Waals surface area contributed by atoms with Crippen LogP contribution in [0.2, 0.25) is 0 Å². The normalized spacial score (nSPS) is 15.4. The van der Waals surface area contributed by atoms with Crippen molar-refractivity contribution >= 4 is 0 Å². The molecule has 0 spiro atoms. The number of alkyl halides is 3. The van der Waals surface area contributed by atoms with Crippen LogP contribution in [-0.2, 0) is 19.5 Å². The van der Waals surface area contributed by atoms with Gasteiger partial charge in [0.15, 0.2) is 0 Å². The molecule has 0 aliphatic carbocycles. The predicted octanol–water partition coefficient (Wildman–Crippen LogP) is 2.73. The minimum Gasteiger partial charge on any atom is -0.496 e. The second-order valence-electron chi connectivity index (χ2n) is 5.57. The van der Waals surface area contributed by atoms with Crippen molar-refractivity contribution in [3.05, 3.63) is 22.8 Å². The number of likely N-dealkylation sites (N-methyl/N-ethyl adjacent to an activating group) is 1. The van der Waals surface area contributed by atoms with Gasteiger partial charge in [0.05, 0.1) is 20.8 Å². The van der Waals surface area contributed by atoms with E-state index in [9.17, 15) is 13.2 Å². The minimum absolute atomic E-state index is 0.0871. The highest BCUT2D eigenvalue weighted by atomic mass is 19.4. The van der Waals surface area contributed by atoms with Crippen LogP contribution in [0.5, 0.6) is 11.5 Å². The molecular formula is C16H23F3N2O2. The van der Waals surface area contributed by atoms with Crippen molar-refractivity contribution in [3.63, 3.8) is 0 Å². The van der Waals surface area contributed by atoms with E-state index in [1.54, 1.807) is 20.3 Å². The average Bonchev–Trinajstić information content (AvgIpc) is 2.52. The third-order valence-electron chi connectivity index (χ3n) is 4.10. The van der Waals surface area contributed by atoms with E-state index in [0.29, 0.717) is 17.1 Å². The molecule has 1 aliphatic rings. The number of hydrogen-bond donors (Lipinski definition) is 1. The van der Waals surface area contributed by atoms with E-state index in [4.69, 9.17) is 9.47 Å². The number of nitrogens with one attached hydrogen (secondary N) is 1. The van der Waals surface area contributed by atoms with Gasteiger partial charge in [-0.2, -0.15) is 13.2 Å². The van der Waals surface area contributed by atoms with Gasteiger partial charge in [-0.1, -0.05) is 6.92 Å². The Morgan fingerprint density at radius 2 is 1.96 bits per heavy atom. The van der Waals surface area contributed by atoms with Gasteiger partial charge in [-0.05, 0) is 19.0 Å². The lowest BCUT2D eigenvalue weighted by molar-refractivity contribution is -0.125. The second kappa shape index (κ2) is 7.40. The molecule has 1 N–H and O–H groups in total. The maximum Gasteiger partial charge on any atom is 0.401 e. The molecule has 1 aromatic rings. The maximum atomic E-state index is 12.3. The minimum atomic E-state index is -4.23. The van der Waals surface area contributed by atoms with E-state index in [-0.39, 0.29) is 6.54 Å². The van der Waals surface area contributed by atoms with Gasteiger partial charge in [-0.25, -0.2) is 0 Å². The molecule has 23 heavy (non-hydrogen) atoms. The molecule has 4 nitrogen and oxygen atoms in total. The summed E-state index contributed by atoms with van der Waals surface area (Å²) in [7, 11) is 3.14. The Hall–Kier alpha value is -1.47. The Morgan fingerprint density at radius 1 is 1.22 bits per heavy atom. The molecule has 0 unspecified atom stereocenters. The van der Waals surface area contributed by atoms with Crippen molar-refractivity contribution in [3.8, 4) is 11.5 Å². The summed E-state index contributed by atoms with van der Waals surface area (Å²) in [6.45, 7) is 3.77. The summed E-state index contributed by atoms with van der Waals surface area (Å²) < 4.78 is 47.9. The summed E-state index contributed by atoms with van der Waals surface area (Å²) in [5.74, 6) is 1.38. The second-order valence-corrected chi connectivity index (χ2v) is 5.57. The Labute approximate surface area is 134 Å². The van der Waals surface area contributed by atoms with Gasteiger partial charge < -0.3 is 14.8 Å². The van der Waals surface area contributed by atoms with E-state index in [1.165, 1.54) is 0 Å². The van der Waals surface area contributed by atoms with E-state index in [1.807, 2.05) is 0 Å². The van der Waals surface area contributed by atoms with Crippen LogP contribution in [-0.4, -0.2) is 44.9 Å². The first-order chi connectivity index (χ1) is 10.9. The third kappa shape index (κ3) is 4.29. The van der Waals surface area contributed by atoms with E-state index >= 15 is 0 Å². The molecule has 1 heterocycles. The summed E-state index contributed by atoms with van der Waals surface area (Å²) >= 11 is 0. The predicted molar refractivity (Wildman–Crippen MR) is 82.0 cm³/mol. The van der Waals surface area contributed by atoms with Crippen molar-refractivity contribution in [1.29, 1.82) is 0 Å². The molecule has 0 radical (unpaired) electrons. The summed E-state index contributed by atoms with van der Waals surface area (Å²) in [5, 5.41) is 2.42. The van der Waals surface area contributed by atoms with Crippen molar-refractivity contribution in [2.75, 3.05) is 33.9 Å². The smallest absolute Gasteiger partial charge is 0.401 e. The lowest BCUT2D eigenvalue weighted by Crippen LogP contribution is -2.31. The fourth-order valence-corrected chi connectivity index (χ4v) is 2.98. The van der Waals surface area contributed by atoms with Crippen LogP contribution >= 0.6 is 0 Å². The van der Waals surface area contributed by atoms with Crippen LogP contribution < -0.4 is 14.8 Å². The van der Waals surface area contributed by atoms with Gasteiger partial charge in [-0.15, -0.1) is 0 Å². The average molecular weight is 332 g/mol. The summed E-state index contributed by atoms with van der Waals surface area (Å²) in [6, 6.07) is 1.78. The SMILES string of the molecule is CCN1CCc2c(c(OC)cc(CNCC(F)(F)F)c2OC)C1. The molecule has 0 amide bonds. The van der Waals surface area contributed by atoms with Crippen LogP contribution in [0.3, 0.4) is 0 Å². The topological polar surface area (TPSA) is 33.7 Å². The van der Waals surface area contributed by atoms with Crippen LogP contribution in [0.15, 0.2) is 6.07 Å². The lowest BCUT2D eigenvalue weighted by Gasteiger charge is -2.31. The highest BCUT2D eigenvalue weighted by molar-refractivity contribution is 5.54. The van der Waals surface area contributed by atoms with E-state index in [0.717, 1.165) is 37.2 Å². The highest BCUT2D eigenvalue weighted by Crippen LogP contribution is 2.38. The Kier molecular flexibility index (Phi) is 5.75. The number of rotatable bonds is 6. The number of methoxy groups -OCH3 is 2. The molecular weight excluding hydrogens is 309 g/mol. The van der Waals surface area contributed by atoms with Crippen molar-refractivity contribution in [1.82, 2.24) is 10.2 Å². The fourth-order valence-electron chi connectivity index (χ4n) is 2.98. The number of hydrogen-bond acceptors (Lipinski definition) is 4. The number of fused-ring (bicyclic) bond motifs is 1. The van der Waals surface area contributed by atoms with Crippen LogP contribution in [0.25, 0.3) is 0 Å². The first kappa shape index (κ1) is 17.9. The van der Waals surface area contributed by atoms with E-state index < -0.39 is 12.7 Å². The van der Waals surface area contributed by atoms with Crippen LogP contribution in [0.4, 0.5) is 13.2 Å². The molecule has 0 saturated carbocycles. The Bertz CT molecular complexity index is 547.